The van der Waals surface area contributed by atoms with Gasteiger partial charge >= 0.3 is 5.97 Å². The summed E-state index contributed by atoms with van der Waals surface area (Å²) in [5, 5.41) is 10.1. The fraction of sp³-hybridized carbons (Fsp3) is 0.211. The Kier molecular flexibility index (Phi) is 6.87. The molecule has 1 fully saturated rings. The van der Waals surface area contributed by atoms with E-state index in [0.717, 1.165) is 17.3 Å². The number of nitrogens with zero attached hydrogens (tertiary/aromatic N) is 1. The van der Waals surface area contributed by atoms with Crippen LogP contribution in [-0.4, -0.2) is 44.3 Å². The largest absolute Gasteiger partial charge is 0.480 e. The molecule has 0 spiro atoms. The first-order chi connectivity index (χ1) is 13.4. The van der Waals surface area contributed by atoms with Gasteiger partial charge in [0.2, 0.25) is 0 Å². The first kappa shape index (κ1) is 21.0. The second kappa shape index (κ2) is 9.17. The van der Waals surface area contributed by atoms with E-state index in [0.29, 0.717) is 33.6 Å². The van der Waals surface area contributed by atoms with Gasteiger partial charge in [0.15, 0.2) is 0 Å². The van der Waals surface area contributed by atoms with Crippen molar-refractivity contribution in [3.8, 4) is 11.3 Å². The number of aliphatic carboxylic acids is 1. The molecule has 0 aliphatic carbocycles. The number of carbonyl (C=O) groups is 2. The summed E-state index contributed by atoms with van der Waals surface area (Å²) in [4.78, 5) is 25.9. The second-order valence-corrected chi connectivity index (χ2v) is 9.00. The molecule has 1 aromatic carbocycles. The smallest absolute Gasteiger partial charge is 0.326 e. The van der Waals surface area contributed by atoms with Crippen LogP contribution in [0.4, 0.5) is 0 Å². The van der Waals surface area contributed by atoms with Crippen LogP contribution < -0.4 is 0 Å². The van der Waals surface area contributed by atoms with E-state index in [1.807, 2.05) is 18.4 Å². The molecule has 1 aliphatic heterocycles. The van der Waals surface area contributed by atoms with Gasteiger partial charge in [0.1, 0.15) is 21.9 Å². The third kappa shape index (κ3) is 4.63. The van der Waals surface area contributed by atoms with E-state index in [1.165, 1.54) is 16.7 Å². The first-order valence-corrected chi connectivity index (χ1v) is 11.2. The molecule has 28 heavy (non-hydrogen) atoms. The molecule has 1 N–H and O–H groups in total. The van der Waals surface area contributed by atoms with Crippen LogP contribution in [0.25, 0.3) is 17.4 Å². The molecule has 1 aliphatic rings. The topological polar surface area (TPSA) is 70.8 Å². The Hall–Kier alpha value is -1.74. The maximum Gasteiger partial charge on any atom is 0.326 e. The highest BCUT2D eigenvalue weighted by atomic mass is 35.5. The van der Waals surface area contributed by atoms with E-state index < -0.39 is 17.9 Å². The van der Waals surface area contributed by atoms with E-state index in [-0.39, 0.29) is 4.32 Å². The van der Waals surface area contributed by atoms with E-state index in [2.05, 4.69) is 0 Å². The number of thioether (sulfide) groups is 2. The molecule has 0 radical (unpaired) electrons. The van der Waals surface area contributed by atoms with Crippen LogP contribution in [0.5, 0.6) is 0 Å². The van der Waals surface area contributed by atoms with Gasteiger partial charge < -0.3 is 9.52 Å². The van der Waals surface area contributed by atoms with Crippen LogP contribution in [0, 0.1) is 0 Å². The second-order valence-electron chi connectivity index (χ2n) is 5.90. The van der Waals surface area contributed by atoms with E-state index in [4.69, 9.17) is 28.2 Å². The maximum atomic E-state index is 12.8. The van der Waals surface area contributed by atoms with Gasteiger partial charge in [-0.15, -0.1) is 0 Å². The molecule has 1 saturated heterocycles. The lowest BCUT2D eigenvalue weighted by molar-refractivity contribution is -0.145. The molecule has 1 aromatic heterocycles. The molecule has 2 heterocycles. The lowest BCUT2D eigenvalue weighted by atomic mass is 10.2. The molecule has 146 valence electrons. The van der Waals surface area contributed by atoms with Gasteiger partial charge in [-0.25, -0.2) is 4.79 Å². The van der Waals surface area contributed by atoms with Crippen molar-refractivity contribution in [3.63, 3.8) is 0 Å². The van der Waals surface area contributed by atoms with Crippen molar-refractivity contribution >= 4 is 69.6 Å². The lowest BCUT2D eigenvalue weighted by Crippen LogP contribution is -2.44. The van der Waals surface area contributed by atoms with Crippen LogP contribution in [0.1, 0.15) is 12.2 Å². The molecular formula is C19H16ClNO4S3. The van der Waals surface area contributed by atoms with Crippen molar-refractivity contribution in [2.75, 3.05) is 12.0 Å². The number of benzene rings is 1. The molecule has 1 atom stereocenters. The summed E-state index contributed by atoms with van der Waals surface area (Å²) in [6, 6.07) is 9.82. The molecule has 3 rings (SSSR count). The highest BCUT2D eigenvalue weighted by molar-refractivity contribution is 8.26. The normalized spacial score (nSPS) is 16.8. The van der Waals surface area contributed by atoms with E-state index in [9.17, 15) is 14.7 Å². The van der Waals surface area contributed by atoms with Gasteiger partial charge in [-0.2, -0.15) is 11.8 Å². The number of thiocarbonyl (C=S) groups is 1. The van der Waals surface area contributed by atoms with Gasteiger partial charge in [-0.3, -0.25) is 9.69 Å². The predicted molar refractivity (Wildman–Crippen MR) is 119 cm³/mol. The monoisotopic (exact) mass is 453 g/mol. The number of hydrogen-bond acceptors (Lipinski definition) is 6. The van der Waals surface area contributed by atoms with Gasteiger partial charge in [-0.05, 0) is 42.7 Å². The SMILES string of the molecule is CSCCC(C(=O)O)N1C(=O)/C(=C\c2ccc(-c3cccc(Cl)c3)o2)SC1=S. The fourth-order valence-corrected chi connectivity index (χ4v) is 4.68. The minimum absolute atomic E-state index is 0.242. The van der Waals surface area contributed by atoms with Crippen molar-refractivity contribution < 1.29 is 19.1 Å². The Morgan fingerprint density at radius 3 is 2.89 bits per heavy atom. The fourth-order valence-electron chi connectivity index (χ4n) is 2.70. The van der Waals surface area contributed by atoms with Gasteiger partial charge in [0.25, 0.3) is 5.91 Å². The van der Waals surface area contributed by atoms with Crippen LogP contribution in [-0.2, 0) is 9.59 Å². The summed E-state index contributed by atoms with van der Waals surface area (Å²) in [5.74, 6) is 0.241. The maximum absolute atomic E-state index is 12.8. The minimum Gasteiger partial charge on any atom is -0.480 e. The molecule has 0 saturated carbocycles. The Labute approximate surface area is 181 Å². The molecule has 1 amide bonds. The first-order valence-electron chi connectivity index (χ1n) is 8.25. The predicted octanol–water partition coefficient (Wildman–Crippen LogP) is 5.01. The van der Waals surface area contributed by atoms with E-state index in [1.54, 1.807) is 30.3 Å². The third-order valence-corrected chi connectivity index (χ3v) is 6.23. The summed E-state index contributed by atoms with van der Waals surface area (Å²) < 4.78 is 6.04. The molecule has 2 aromatic rings. The highest BCUT2D eigenvalue weighted by Crippen LogP contribution is 2.35. The molecular weight excluding hydrogens is 438 g/mol. The quantitative estimate of drug-likeness (QED) is 0.466. The number of furan rings is 1. The number of carboxylic acids is 1. The minimum atomic E-state index is -1.06. The van der Waals surface area contributed by atoms with Crippen molar-refractivity contribution in [2.24, 2.45) is 0 Å². The number of carbonyl (C=O) groups excluding carboxylic acids is 1. The standard InChI is InChI=1S/C19H16ClNO4S3/c1-27-8-7-14(18(23)24)21-17(22)16(28-19(21)26)10-13-5-6-15(25-13)11-3-2-4-12(20)9-11/h2-6,9-10,14H,7-8H2,1H3,(H,23,24)/b16-10+. The molecule has 5 nitrogen and oxygen atoms in total. The number of carboxylic acid groups (broad SMARTS) is 1. The van der Waals surface area contributed by atoms with Crippen LogP contribution in [0.2, 0.25) is 5.02 Å². The Balaban J connectivity index is 1.83. The number of amides is 1. The van der Waals surface area contributed by atoms with E-state index >= 15 is 0 Å². The molecule has 0 bridgehead atoms. The summed E-state index contributed by atoms with van der Waals surface area (Å²) in [6.07, 6.45) is 3.80. The Morgan fingerprint density at radius 2 is 2.21 bits per heavy atom. The van der Waals surface area contributed by atoms with Crippen molar-refractivity contribution in [1.29, 1.82) is 0 Å². The summed E-state index contributed by atoms with van der Waals surface area (Å²) in [6.45, 7) is 0. The third-order valence-electron chi connectivity index (χ3n) is 4.02. The molecule has 9 heteroatoms. The van der Waals surface area contributed by atoms with Crippen LogP contribution >= 0.6 is 47.3 Å². The lowest BCUT2D eigenvalue weighted by Gasteiger charge is -2.22. The van der Waals surface area contributed by atoms with Crippen molar-refractivity contribution in [3.05, 3.63) is 52.1 Å². The van der Waals surface area contributed by atoms with Gasteiger partial charge in [0.05, 0.1) is 4.91 Å². The highest BCUT2D eigenvalue weighted by Gasteiger charge is 2.40. The average Bonchev–Trinajstić information content (AvgIpc) is 3.22. The van der Waals surface area contributed by atoms with Crippen molar-refractivity contribution in [2.45, 2.75) is 12.5 Å². The molecule has 1 unspecified atom stereocenters. The zero-order chi connectivity index (χ0) is 20.3. The van der Waals surface area contributed by atoms with Gasteiger partial charge in [-0.1, -0.05) is 47.7 Å². The van der Waals surface area contributed by atoms with Crippen LogP contribution in [0.3, 0.4) is 0 Å². The number of hydrogen-bond donors (Lipinski definition) is 1. The number of rotatable bonds is 7. The van der Waals surface area contributed by atoms with Crippen molar-refractivity contribution in [1.82, 2.24) is 4.90 Å². The number of halogens is 1. The Morgan fingerprint density at radius 1 is 1.43 bits per heavy atom. The average molecular weight is 454 g/mol. The van der Waals surface area contributed by atoms with Crippen LogP contribution in [0.15, 0.2) is 45.7 Å². The zero-order valence-corrected chi connectivity index (χ0v) is 18.0. The van der Waals surface area contributed by atoms with Gasteiger partial charge in [0, 0.05) is 16.7 Å². The summed E-state index contributed by atoms with van der Waals surface area (Å²) in [7, 11) is 0. The summed E-state index contributed by atoms with van der Waals surface area (Å²) >= 11 is 13.9. The summed E-state index contributed by atoms with van der Waals surface area (Å²) in [5.41, 5.74) is 0.822. The zero-order valence-electron chi connectivity index (χ0n) is 14.8. The Bertz CT molecular complexity index is 956.